The molecule has 0 radical (unpaired) electrons. The molecule has 76 valence electrons. The first-order valence-corrected chi connectivity index (χ1v) is 4.44. The monoisotopic (exact) mass is 203 g/mol. The molecule has 1 aromatic carbocycles. The number of rotatable bonds is 2. The molecule has 0 unspecified atom stereocenters. The van der Waals surface area contributed by atoms with Gasteiger partial charge in [-0.2, -0.15) is 0 Å². The fourth-order valence-corrected chi connectivity index (χ4v) is 1.08. The number of aromatic nitrogens is 1. The molecule has 0 aliphatic rings. The molecule has 0 saturated carbocycles. The van der Waals surface area contributed by atoms with E-state index < -0.39 is 5.97 Å². The first-order valence-electron chi connectivity index (χ1n) is 4.44. The van der Waals surface area contributed by atoms with Crippen LogP contribution in [0.15, 0.2) is 41.1 Å². The van der Waals surface area contributed by atoms with Crippen molar-refractivity contribution in [3.8, 4) is 5.75 Å². The van der Waals surface area contributed by atoms with E-state index in [1.54, 1.807) is 12.1 Å². The quantitative estimate of drug-likeness (QED) is 0.554. The van der Waals surface area contributed by atoms with Gasteiger partial charge in [0.15, 0.2) is 0 Å². The largest absolute Gasteiger partial charge is 0.440 e. The molecule has 0 N–H and O–H groups in total. The van der Waals surface area contributed by atoms with Crippen LogP contribution in [0, 0.1) is 6.92 Å². The third-order valence-corrected chi connectivity index (χ3v) is 1.84. The molecule has 0 spiro atoms. The Bertz CT molecular complexity index is 445. The zero-order valence-corrected chi connectivity index (χ0v) is 8.14. The van der Waals surface area contributed by atoms with E-state index in [0.717, 1.165) is 5.56 Å². The molecule has 1 aromatic heterocycles. The second-order valence-electron chi connectivity index (χ2n) is 3.04. The Morgan fingerprint density at radius 3 is 2.67 bits per heavy atom. The molecule has 0 saturated heterocycles. The first-order chi connectivity index (χ1) is 7.25. The Labute approximate surface area is 86.5 Å². The maximum atomic E-state index is 11.4. The third-order valence-electron chi connectivity index (χ3n) is 1.84. The van der Waals surface area contributed by atoms with Crippen LogP contribution in [-0.2, 0) is 0 Å². The van der Waals surface area contributed by atoms with Gasteiger partial charge >= 0.3 is 11.9 Å². The molecule has 0 aliphatic carbocycles. The standard InChI is InChI=1S/C11H9NO3/c1-8-2-4-9(5-3-8)15-11(13)10-12-6-7-14-10/h2-7H,1H3. The molecule has 0 bridgehead atoms. The maximum Gasteiger partial charge on any atom is 0.400 e. The van der Waals surface area contributed by atoms with Crippen molar-refractivity contribution in [3.05, 3.63) is 48.2 Å². The number of carbonyl (C=O) groups excluding carboxylic acids is 1. The minimum absolute atomic E-state index is 0.0458. The highest BCUT2D eigenvalue weighted by Gasteiger charge is 2.12. The third kappa shape index (κ3) is 2.22. The fourth-order valence-electron chi connectivity index (χ4n) is 1.08. The van der Waals surface area contributed by atoms with Gasteiger partial charge in [-0.05, 0) is 19.1 Å². The van der Waals surface area contributed by atoms with Crippen molar-refractivity contribution in [1.82, 2.24) is 4.98 Å². The Morgan fingerprint density at radius 2 is 2.07 bits per heavy atom. The topological polar surface area (TPSA) is 52.3 Å². The van der Waals surface area contributed by atoms with E-state index in [1.165, 1.54) is 12.5 Å². The van der Waals surface area contributed by atoms with Crippen molar-refractivity contribution >= 4 is 5.97 Å². The van der Waals surface area contributed by atoms with Gasteiger partial charge in [0.1, 0.15) is 12.0 Å². The van der Waals surface area contributed by atoms with Gasteiger partial charge in [0.05, 0.1) is 6.20 Å². The van der Waals surface area contributed by atoms with Gasteiger partial charge in [-0.25, -0.2) is 9.78 Å². The molecule has 0 atom stereocenters. The average molecular weight is 203 g/mol. The molecule has 15 heavy (non-hydrogen) atoms. The van der Waals surface area contributed by atoms with Gasteiger partial charge < -0.3 is 9.15 Å². The SMILES string of the molecule is Cc1ccc(OC(=O)c2ncco2)cc1. The lowest BCUT2D eigenvalue weighted by molar-refractivity contribution is 0.0693. The number of hydrogen-bond donors (Lipinski definition) is 0. The van der Waals surface area contributed by atoms with Gasteiger partial charge in [0.2, 0.25) is 0 Å². The molecule has 2 aromatic rings. The maximum absolute atomic E-state index is 11.4. The van der Waals surface area contributed by atoms with Crippen molar-refractivity contribution < 1.29 is 13.9 Å². The molecule has 1 heterocycles. The lowest BCUT2D eigenvalue weighted by atomic mass is 10.2. The number of aryl methyl sites for hydroxylation is 1. The molecule has 0 amide bonds. The second-order valence-corrected chi connectivity index (χ2v) is 3.04. The summed E-state index contributed by atoms with van der Waals surface area (Å²) in [6, 6.07) is 7.16. The summed E-state index contributed by atoms with van der Waals surface area (Å²) >= 11 is 0. The van der Waals surface area contributed by atoms with Crippen LogP contribution >= 0.6 is 0 Å². The van der Waals surface area contributed by atoms with Crippen molar-refractivity contribution in [2.24, 2.45) is 0 Å². The van der Waals surface area contributed by atoms with Gasteiger partial charge in [0.25, 0.3) is 0 Å². The predicted octanol–water partition coefficient (Wildman–Crippen LogP) is 2.20. The number of nitrogens with zero attached hydrogens (tertiary/aromatic N) is 1. The summed E-state index contributed by atoms with van der Waals surface area (Å²) < 4.78 is 9.82. The molecular formula is C11H9NO3. The van der Waals surface area contributed by atoms with E-state index >= 15 is 0 Å². The highest BCUT2D eigenvalue weighted by atomic mass is 16.5. The highest BCUT2D eigenvalue weighted by Crippen LogP contribution is 2.13. The number of hydrogen-bond acceptors (Lipinski definition) is 4. The molecule has 2 rings (SSSR count). The molecule has 4 nitrogen and oxygen atoms in total. The summed E-state index contributed by atoms with van der Waals surface area (Å²) in [5, 5.41) is 0. The van der Waals surface area contributed by atoms with Crippen LogP contribution < -0.4 is 4.74 Å². The second kappa shape index (κ2) is 3.96. The molecule has 4 heteroatoms. The van der Waals surface area contributed by atoms with E-state index in [-0.39, 0.29) is 5.89 Å². The van der Waals surface area contributed by atoms with E-state index in [4.69, 9.17) is 9.15 Å². The van der Waals surface area contributed by atoms with Crippen molar-refractivity contribution in [2.75, 3.05) is 0 Å². The summed E-state index contributed by atoms with van der Waals surface area (Å²) in [6.45, 7) is 1.96. The van der Waals surface area contributed by atoms with Crippen molar-refractivity contribution in [1.29, 1.82) is 0 Å². The summed E-state index contributed by atoms with van der Waals surface area (Å²) in [5.74, 6) is -0.164. The summed E-state index contributed by atoms with van der Waals surface area (Å²) in [6.07, 6.45) is 2.72. The smallest absolute Gasteiger partial charge is 0.400 e. The minimum Gasteiger partial charge on any atom is -0.440 e. The minimum atomic E-state index is -0.594. The lowest BCUT2D eigenvalue weighted by Gasteiger charge is -2.01. The van der Waals surface area contributed by atoms with Crippen LogP contribution in [0.25, 0.3) is 0 Å². The summed E-state index contributed by atoms with van der Waals surface area (Å²) in [7, 11) is 0. The van der Waals surface area contributed by atoms with Gasteiger partial charge in [-0.1, -0.05) is 17.7 Å². The van der Waals surface area contributed by atoms with Crippen LogP contribution in [0.4, 0.5) is 0 Å². The fraction of sp³-hybridized carbons (Fsp3) is 0.0909. The van der Waals surface area contributed by atoms with E-state index in [1.807, 2.05) is 19.1 Å². The summed E-state index contributed by atoms with van der Waals surface area (Å²) in [4.78, 5) is 15.1. The van der Waals surface area contributed by atoms with Crippen molar-refractivity contribution in [2.45, 2.75) is 6.92 Å². The number of benzene rings is 1. The number of esters is 1. The van der Waals surface area contributed by atoms with Gasteiger partial charge in [-0.3, -0.25) is 0 Å². The van der Waals surface area contributed by atoms with E-state index in [0.29, 0.717) is 5.75 Å². The van der Waals surface area contributed by atoms with Gasteiger partial charge in [-0.15, -0.1) is 0 Å². The normalized spacial score (nSPS) is 9.93. The molecular weight excluding hydrogens is 194 g/mol. The van der Waals surface area contributed by atoms with Crippen LogP contribution in [0.1, 0.15) is 16.2 Å². The highest BCUT2D eigenvalue weighted by molar-refractivity contribution is 5.86. The molecule has 0 aliphatic heterocycles. The average Bonchev–Trinajstić information content (AvgIpc) is 2.74. The Hall–Kier alpha value is -2.10. The molecule has 0 fully saturated rings. The van der Waals surface area contributed by atoms with Crippen molar-refractivity contribution in [3.63, 3.8) is 0 Å². The van der Waals surface area contributed by atoms with E-state index in [2.05, 4.69) is 4.98 Å². The van der Waals surface area contributed by atoms with Crippen LogP contribution in [0.2, 0.25) is 0 Å². The first kappa shape index (κ1) is 9.45. The number of oxazole rings is 1. The van der Waals surface area contributed by atoms with E-state index in [9.17, 15) is 4.79 Å². The van der Waals surface area contributed by atoms with Crippen LogP contribution in [0.5, 0.6) is 5.75 Å². The zero-order valence-electron chi connectivity index (χ0n) is 8.14. The Balaban J connectivity index is 2.09. The predicted molar refractivity (Wildman–Crippen MR) is 52.6 cm³/mol. The van der Waals surface area contributed by atoms with Crippen LogP contribution in [0.3, 0.4) is 0 Å². The number of carbonyl (C=O) groups is 1. The lowest BCUT2D eigenvalue weighted by Crippen LogP contribution is -2.08. The Morgan fingerprint density at radius 1 is 1.33 bits per heavy atom. The van der Waals surface area contributed by atoms with Crippen LogP contribution in [-0.4, -0.2) is 11.0 Å². The zero-order chi connectivity index (χ0) is 10.7. The summed E-state index contributed by atoms with van der Waals surface area (Å²) in [5.41, 5.74) is 1.10. The number of ether oxygens (including phenoxy) is 1. The van der Waals surface area contributed by atoms with Gasteiger partial charge in [0, 0.05) is 0 Å². The Kier molecular flexibility index (Phi) is 2.49.